The molecule has 0 aromatic heterocycles. The molecule has 19 heavy (non-hydrogen) atoms. The molecule has 0 aliphatic carbocycles. The van der Waals surface area contributed by atoms with Crippen LogP contribution in [0.2, 0.25) is 0 Å². The van der Waals surface area contributed by atoms with Gasteiger partial charge in [-0.2, -0.15) is 5.26 Å². The zero-order chi connectivity index (χ0) is 13.8. The molecule has 0 spiro atoms. The summed E-state index contributed by atoms with van der Waals surface area (Å²) in [6, 6.07) is 12.1. The van der Waals surface area contributed by atoms with E-state index >= 15 is 0 Å². The van der Waals surface area contributed by atoms with Crippen molar-refractivity contribution in [2.24, 2.45) is 0 Å². The van der Waals surface area contributed by atoms with Crippen molar-refractivity contribution in [2.45, 2.75) is 17.6 Å². The number of thioether (sulfide) groups is 1. The van der Waals surface area contributed by atoms with Crippen molar-refractivity contribution in [1.82, 2.24) is 0 Å². The molecule has 0 heterocycles. The van der Waals surface area contributed by atoms with Gasteiger partial charge in [0.2, 0.25) is 0 Å². The fourth-order valence-corrected chi connectivity index (χ4v) is 2.74. The zero-order valence-corrected chi connectivity index (χ0v) is 11.3. The van der Waals surface area contributed by atoms with Gasteiger partial charge >= 0.3 is 0 Å². The third-order valence-corrected chi connectivity index (χ3v) is 4.09. The summed E-state index contributed by atoms with van der Waals surface area (Å²) < 4.78 is 13.6. The van der Waals surface area contributed by atoms with Gasteiger partial charge in [0.25, 0.3) is 0 Å². The third kappa shape index (κ3) is 3.07. The maximum Gasteiger partial charge on any atom is 0.127 e. The number of halogens is 1. The number of nitrogens with two attached hydrogens (primary N) is 1. The highest BCUT2D eigenvalue weighted by molar-refractivity contribution is 7.98. The maximum absolute atomic E-state index is 13.6. The van der Waals surface area contributed by atoms with Crippen LogP contribution in [-0.2, 0) is 5.75 Å². The summed E-state index contributed by atoms with van der Waals surface area (Å²) in [5.74, 6) is 0.194. The lowest BCUT2D eigenvalue weighted by atomic mass is 10.1. The fraction of sp³-hybridized carbons (Fsp3) is 0.133. The second-order valence-corrected chi connectivity index (χ2v) is 5.19. The van der Waals surface area contributed by atoms with Crippen LogP contribution < -0.4 is 5.73 Å². The minimum atomic E-state index is -0.284. The lowest BCUT2D eigenvalue weighted by molar-refractivity contribution is 0.617. The molecular weight excluding hydrogens is 259 g/mol. The predicted molar refractivity (Wildman–Crippen MR) is 76.3 cm³/mol. The Hall–Kier alpha value is -1.99. The fourth-order valence-electron chi connectivity index (χ4n) is 1.70. The summed E-state index contributed by atoms with van der Waals surface area (Å²) >= 11 is 1.52. The van der Waals surface area contributed by atoms with Gasteiger partial charge in [-0.1, -0.05) is 6.07 Å². The summed E-state index contributed by atoms with van der Waals surface area (Å²) in [5, 5.41) is 8.82. The van der Waals surface area contributed by atoms with Crippen molar-refractivity contribution < 1.29 is 4.39 Å². The van der Waals surface area contributed by atoms with E-state index in [1.54, 1.807) is 6.07 Å². The number of rotatable bonds is 3. The lowest BCUT2D eigenvalue weighted by Gasteiger charge is -2.08. The summed E-state index contributed by atoms with van der Waals surface area (Å²) in [5.41, 5.74) is 8.58. The van der Waals surface area contributed by atoms with Crippen LogP contribution in [0.4, 0.5) is 10.1 Å². The van der Waals surface area contributed by atoms with Gasteiger partial charge in [-0.05, 0) is 48.4 Å². The van der Waals surface area contributed by atoms with E-state index < -0.39 is 0 Å². The van der Waals surface area contributed by atoms with E-state index in [1.807, 2.05) is 31.2 Å². The Morgan fingerprint density at radius 3 is 2.84 bits per heavy atom. The maximum atomic E-state index is 13.6. The van der Waals surface area contributed by atoms with Crippen LogP contribution in [0.15, 0.2) is 41.3 Å². The SMILES string of the molecule is Cc1c(N)cccc1SCc1cc(C#N)ccc1F. The Morgan fingerprint density at radius 1 is 1.32 bits per heavy atom. The normalized spacial score (nSPS) is 10.2. The zero-order valence-electron chi connectivity index (χ0n) is 10.5. The number of nitrogens with zero attached hydrogens (tertiary/aromatic N) is 1. The molecule has 0 radical (unpaired) electrons. The van der Waals surface area contributed by atoms with E-state index in [4.69, 9.17) is 11.0 Å². The highest BCUT2D eigenvalue weighted by Gasteiger charge is 2.07. The standard InChI is InChI=1S/C15H13FN2S/c1-10-14(18)3-2-4-15(10)19-9-12-7-11(8-17)5-6-13(12)16/h2-7H,9,18H2,1H3. The van der Waals surface area contributed by atoms with E-state index in [-0.39, 0.29) is 5.82 Å². The van der Waals surface area contributed by atoms with E-state index in [2.05, 4.69) is 0 Å². The van der Waals surface area contributed by atoms with Gasteiger partial charge in [-0.25, -0.2) is 4.39 Å². The second kappa shape index (κ2) is 5.77. The predicted octanol–water partition coefficient (Wildman–Crippen LogP) is 3.88. The van der Waals surface area contributed by atoms with Gasteiger partial charge in [-0.15, -0.1) is 11.8 Å². The number of hydrogen-bond acceptors (Lipinski definition) is 3. The van der Waals surface area contributed by atoms with Crippen LogP contribution in [0, 0.1) is 24.1 Å². The number of benzene rings is 2. The smallest absolute Gasteiger partial charge is 0.127 e. The molecule has 0 saturated heterocycles. The minimum absolute atomic E-state index is 0.284. The Balaban J connectivity index is 2.19. The topological polar surface area (TPSA) is 49.8 Å². The average molecular weight is 272 g/mol. The Morgan fingerprint density at radius 2 is 2.11 bits per heavy atom. The van der Waals surface area contributed by atoms with Crippen LogP contribution in [0.1, 0.15) is 16.7 Å². The molecule has 2 rings (SSSR count). The Bertz CT molecular complexity index is 647. The number of hydrogen-bond donors (Lipinski definition) is 1. The summed E-state index contributed by atoms with van der Waals surface area (Å²) in [7, 11) is 0. The first kappa shape index (κ1) is 13.4. The quantitative estimate of drug-likeness (QED) is 0.681. The van der Waals surface area contributed by atoms with E-state index in [0.717, 1.165) is 16.1 Å². The van der Waals surface area contributed by atoms with Crippen LogP contribution in [0.5, 0.6) is 0 Å². The number of nitriles is 1. The highest BCUT2D eigenvalue weighted by Crippen LogP contribution is 2.29. The van der Waals surface area contributed by atoms with Gasteiger partial charge < -0.3 is 5.73 Å². The average Bonchev–Trinajstić information content (AvgIpc) is 2.42. The first-order valence-electron chi connectivity index (χ1n) is 5.78. The molecule has 0 unspecified atom stereocenters. The van der Waals surface area contributed by atoms with Gasteiger partial charge in [0.05, 0.1) is 11.6 Å². The van der Waals surface area contributed by atoms with Gasteiger partial charge in [0.1, 0.15) is 5.82 Å². The lowest BCUT2D eigenvalue weighted by Crippen LogP contribution is -1.93. The van der Waals surface area contributed by atoms with Crippen molar-refractivity contribution in [3.63, 3.8) is 0 Å². The molecule has 2 aromatic rings. The molecule has 0 fully saturated rings. The molecule has 0 bridgehead atoms. The molecule has 96 valence electrons. The van der Waals surface area contributed by atoms with Crippen LogP contribution in [-0.4, -0.2) is 0 Å². The molecule has 2 nitrogen and oxygen atoms in total. The van der Waals surface area contributed by atoms with Crippen LogP contribution in [0.25, 0.3) is 0 Å². The molecule has 0 amide bonds. The van der Waals surface area contributed by atoms with Crippen LogP contribution in [0.3, 0.4) is 0 Å². The summed E-state index contributed by atoms with van der Waals surface area (Å²) in [4.78, 5) is 1.03. The second-order valence-electron chi connectivity index (χ2n) is 4.18. The van der Waals surface area contributed by atoms with Crippen molar-refractivity contribution >= 4 is 17.4 Å². The van der Waals surface area contributed by atoms with E-state index in [0.29, 0.717) is 16.9 Å². The highest BCUT2D eigenvalue weighted by atomic mass is 32.2. The van der Waals surface area contributed by atoms with Gasteiger partial charge in [0, 0.05) is 16.3 Å². The molecule has 2 aromatic carbocycles. The Labute approximate surface area is 116 Å². The van der Waals surface area contributed by atoms with Gasteiger partial charge in [-0.3, -0.25) is 0 Å². The van der Waals surface area contributed by atoms with E-state index in [9.17, 15) is 4.39 Å². The molecule has 0 saturated carbocycles. The minimum Gasteiger partial charge on any atom is -0.398 e. The van der Waals surface area contributed by atoms with Crippen LogP contribution >= 0.6 is 11.8 Å². The van der Waals surface area contributed by atoms with E-state index in [1.165, 1.54) is 23.9 Å². The first-order chi connectivity index (χ1) is 9.11. The van der Waals surface area contributed by atoms with Gasteiger partial charge in [0.15, 0.2) is 0 Å². The molecule has 0 aliphatic rings. The Kier molecular flexibility index (Phi) is 4.08. The molecule has 4 heteroatoms. The monoisotopic (exact) mass is 272 g/mol. The van der Waals surface area contributed by atoms with Crippen molar-refractivity contribution in [2.75, 3.05) is 5.73 Å². The largest absolute Gasteiger partial charge is 0.398 e. The molecule has 0 aliphatic heterocycles. The third-order valence-electron chi connectivity index (χ3n) is 2.88. The summed E-state index contributed by atoms with van der Waals surface area (Å²) in [6.07, 6.45) is 0. The van der Waals surface area contributed by atoms with Crippen molar-refractivity contribution in [3.05, 3.63) is 58.9 Å². The van der Waals surface area contributed by atoms with Crippen molar-refractivity contribution in [3.8, 4) is 6.07 Å². The molecular formula is C15H13FN2S. The number of nitrogen functional groups attached to an aromatic ring is 1. The number of anilines is 1. The first-order valence-corrected chi connectivity index (χ1v) is 6.77. The van der Waals surface area contributed by atoms with Crippen molar-refractivity contribution in [1.29, 1.82) is 5.26 Å². The molecule has 0 atom stereocenters. The summed E-state index contributed by atoms with van der Waals surface area (Å²) in [6.45, 7) is 1.94. The molecule has 2 N–H and O–H groups in total.